The van der Waals surface area contributed by atoms with Crippen LogP contribution < -0.4 is 5.32 Å². The van der Waals surface area contributed by atoms with E-state index < -0.39 is 5.54 Å². The van der Waals surface area contributed by atoms with Gasteiger partial charge in [0, 0.05) is 6.54 Å². The number of nitrogens with one attached hydrogen (secondary N) is 1. The van der Waals surface area contributed by atoms with Crippen LogP contribution in [-0.2, 0) is 10.3 Å². The van der Waals surface area contributed by atoms with Crippen molar-refractivity contribution in [3.05, 3.63) is 35.6 Å². The standard InChI is InChI=1S/C14H15FN2O2/c1-14(10-4-6-11(15)7-5-10)12(18)17(13(19)16-14)8-9-2-3-9/h4-7,9H,2-3,8H2,1H3,(H,16,19)/t14-/m1/s1. The summed E-state index contributed by atoms with van der Waals surface area (Å²) >= 11 is 0. The predicted molar refractivity (Wildman–Crippen MR) is 66.7 cm³/mol. The van der Waals surface area contributed by atoms with Gasteiger partial charge in [0.25, 0.3) is 5.91 Å². The van der Waals surface area contributed by atoms with E-state index in [0.29, 0.717) is 18.0 Å². The van der Waals surface area contributed by atoms with Gasteiger partial charge in [0.15, 0.2) is 0 Å². The zero-order chi connectivity index (χ0) is 13.6. The van der Waals surface area contributed by atoms with Crippen LogP contribution in [0.3, 0.4) is 0 Å². The Morgan fingerprint density at radius 2 is 1.95 bits per heavy atom. The van der Waals surface area contributed by atoms with Crippen molar-refractivity contribution >= 4 is 11.9 Å². The van der Waals surface area contributed by atoms with Crippen LogP contribution in [0.15, 0.2) is 24.3 Å². The molecule has 4 nitrogen and oxygen atoms in total. The quantitative estimate of drug-likeness (QED) is 0.847. The van der Waals surface area contributed by atoms with Crippen LogP contribution in [0.2, 0.25) is 0 Å². The Morgan fingerprint density at radius 3 is 2.53 bits per heavy atom. The molecular formula is C14H15FN2O2. The summed E-state index contributed by atoms with van der Waals surface area (Å²) in [5, 5.41) is 2.71. The first kappa shape index (κ1) is 12.1. The van der Waals surface area contributed by atoms with Crippen LogP contribution in [0.25, 0.3) is 0 Å². The van der Waals surface area contributed by atoms with Crippen molar-refractivity contribution in [3.63, 3.8) is 0 Å². The lowest BCUT2D eigenvalue weighted by atomic mass is 9.92. The lowest BCUT2D eigenvalue weighted by Crippen LogP contribution is -2.41. The monoisotopic (exact) mass is 262 g/mol. The number of rotatable bonds is 3. The molecule has 5 heteroatoms. The Hall–Kier alpha value is -1.91. The van der Waals surface area contributed by atoms with Gasteiger partial charge in [0.1, 0.15) is 11.4 Å². The molecule has 0 unspecified atom stereocenters. The number of halogens is 1. The largest absolute Gasteiger partial charge is 0.325 e. The van der Waals surface area contributed by atoms with Gasteiger partial charge in [-0.25, -0.2) is 9.18 Å². The van der Waals surface area contributed by atoms with Gasteiger partial charge in [-0.2, -0.15) is 0 Å². The number of benzene rings is 1. The second-order valence-corrected chi connectivity index (χ2v) is 5.42. The lowest BCUT2D eigenvalue weighted by molar-refractivity contribution is -0.131. The van der Waals surface area contributed by atoms with Crippen molar-refractivity contribution in [2.45, 2.75) is 25.3 Å². The van der Waals surface area contributed by atoms with Crippen molar-refractivity contribution in [2.24, 2.45) is 5.92 Å². The van der Waals surface area contributed by atoms with Crippen molar-refractivity contribution < 1.29 is 14.0 Å². The average molecular weight is 262 g/mol. The van der Waals surface area contributed by atoms with E-state index in [1.807, 2.05) is 0 Å². The summed E-state index contributed by atoms with van der Waals surface area (Å²) in [5.41, 5.74) is -0.481. The minimum Gasteiger partial charge on any atom is -0.319 e. The first-order chi connectivity index (χ1) is 9.00. The van der Waals surface area contributed by atoms with Gasteiger partial charge < -0.3 is 5.32 Å². The van der Waals surface area contributed by atoms with E-state index in [-0.39, 0.29) is 17.8 Å². The smallest absolute Gasteiger partial charge is 0.319 e. The second-order valence-electron chi connectivity index (χ2n) is 5.42. The number of imide groups is 1. The number of hydrogen-bond acceptors (Lipinski definition) is 2. The molecule has 1 aromatic rings. The SMILES string of the molecule is C[C@]1(c2ccc(F)cc2)NC(=O)N(CC2CC2)C1=O. The molecule has 1 N–H and O–H groups in total. The number of carbonyl (C=O) groups excluding carboxylic acids is 2. The van der Waals surface area contributed by atoms with E-state index in [1.165, 1.54) is 29.2 Å². The number of urea groups is 1. The molecule has 1 aliphatic carbocycles. The zero-order valence-electron chi connectivity index (χ0n) is 10.6. The highest BCUT2D eigenvalue weighted by Gasteiger charge is 2.49. The molecule has 3 amide bonds. The zero-order valence-corrected chi connectivity index (χ0v) is 10.6. The average Bonchev–Trinajstić information content (AvgIpc) is 3.15. The third-order valence-electron chi connectivity index (χ3n) is 3.83. The Morgan fingerprint density at radius 1 is 1.32 bits per heavy atom. The lowest BCUT2D eigenvalue weighted by Gasteiger charge is -2.22. The van der Waals surface area contributed by atoms with Crippen LogP contribution in [0.5, 0.6) is 0 Å². The van der Waals surface area contributed by atoms with Crippen LogP contribution >= 0.6 is 0 Å². The molecule has 0 bridgehead atoms. The van der Waals surface area contributed by atoms with Gasteiger partial charge in [-0.3, -0.25) is 9.69 Å². The summed E-state index contributed by atoms with van der Waals surface area (Å²) in [5.74, 6) is -0.166. The summed E-state index contributed by atoms with van der Waals surface area (Å²) in [4.78, 5) is 25.6. The molecule has 19 heavy (non-hydrogen) atoms. The number of nitrogens with zero attached hydrogens (tertiary/aromatic N) is 1. The van der Waals surface area contributed by atoms with E-state index in [4.69, 9.17) is 0 Å². The molecular weight excluding hydrogens is 247 g/mol. The molecule has 1 saturated heterocycles. The number of hydrogen-bond donors (Lipinski definition) is 1. The maximum Gasteiger partial charge on any atom is 0.325 e. The highest BCUT2D eigenvalue weighted by Crippen LogP contribution is 2.34. The summed E-state index contributed by atoms with van der Waals surface area (Å²) in [6.45, 7) is 2.15. The van der Waals surface area contributed by atoms with E-state index in [2.05, 4.69) is 5.32 Å². The molecule has 2 fully saturated rings. The summed E-state index contributed by atoms with van der Waals surface area (Å²) in [7, 11) is 0. The molecule has 0 radical (unpaired) electrons. The fourth-order valence-electron chi connectivity index (χ4n) is 2.40. The normalized spacial score (nSPS) is 26.7. The molecule has 100 valence electrons. The van der Waals surface area contributed by atoms with Crippen LogP contribution in [0.1, 0.15) is 25.3 Å². The van der Waals surface area contributed by atoms with Gasteiger partial charge in [0.2, 0.25) is 0 Å². The van der Waals surface area contributed by atoms with Crippen LogP contribution in [0, 0.1) is 11.7 Å². The topological polar surface area (TPSA) is 49.4 Å². The molecule has 1 heterocycles. The summed E-state index contributed by atoms with van der Waals surface area (Å²) < 4.78 is 12.9. The first-order valence-electron chi connectivity index (χ1n) is 6.41. The number of amides is 3. The fourth-order valence-corrected chi connectivity index (χ4v) is 2.40. The summed E-state index contributed by atoms with van der Waals surface area (Å²) in [6, 6.07) is 5.30. The minimum absolute atomic E-state index is 0.254. The molecule has 1 aliphatic heterocycles. The van der Waals surface area contributed by atoms with E-state index in [9.17, 15) is 14.0 Å². The Kier molecular flexibility index (Phi) is 2.59. The van der Waals surface area contributed by atoms with Gasteiger partial charge in [0.05, 0.1) is 0 Å². The van der Waals surface area contributed by atoms with Crippen molar-refractivity contribution in [1.29, 1.82) is 0 Å². The third-order valence-corrected chi connectivity index (χ3v) is 3.83. The Bertz CT molecular complexity index is 539. The maximum atomic E-state index is 12.9. The molecule has 1 aromatic carbocycles. The van der Waals surface area contributed by atoms with Crippen molar-refractivity contribution in [2.75, 3.05) is 6.54 Å². The van der Waals surface area contributed by atoms with Gasteiger partial charge in [-0.1, -0.05) is 12.1 Å². The maximum absolute atomic E-state index is 12.9. The van der Waals surface area contributed by atoms with Crippen LogP contribution in [-0.4, -0.2) is 23.4 Å². The highest BCUT2D eigenvalue weighted by molar-refractivity contribution is 6.07. The van der Waals surface area contributed by atoms with Gasteiger partial charge >= 0.3 is 6.03 Å². The molecule has 0 aromatic heterocycles. The number of carbonyl (C=O) groups is 2. The molecule has 1 saturated carbocycles. The van der Waals surface area contributed by atoms with E-state index >= 15 is 0 Å². The minimum atomic E-state index is -1.08. The van der Waals surface area contributed by atoms with E-state index in [0.717, 1.165) is 12.8 Å². The van der Waals surface area contributed by atoms with Crippen molar-refractivity contribution in [3.8, 4) is 0 Å². The third kappa shape index (κ3) is 1.99. The molecule has 1 atom stereocenters. The molecule has 2 aliphatic rings. The Balaban J connectivity index is 1.89. The van der Waals surface area contributed by atoms with E-state index in [1.54, 1.807) is 6.92 Å². The van der Waals surface area contributed by atoms with Crippen LogP contribution in [0.4, 0.5) is 9.18 Å². The summed E-state index contributed by atoms with van der Waals surface area (Å²) in [6.07, 6.45) is 2.15. The van der Waals surface area contributed by atoms with Gasteiger partial charge in [-0.15, -0.1) is 0 Å². The predicted octanol–water partition coefficient (Wildman–Crippen LogP) is 2.00. The fraction of sp³-hybridized carbons (Fsp3) is 0.429. The highest BCUT2D eigenvalue weighted by atomic mass is 19.1. The molecule has 3 rings (SSSR count). The second kappa shape index (κ2) is 4.05. The van der Waals surface area contributed by atoms with Crippen molar-refractivity contribution in [1.82, 2.24) is 10.2 Å². The first-order valence-corrected chi connectivity index (χ1v) is 6.41. The molecule has 0 spiro atoms. The van der Waals surface area contributed by atoms with Gasteiger partial charge in [-0.05, 0) is 43.4 Å². The Labute approximate surface area is 110 Å².